The predicted octanol–water partition coefficient (Wildman–Crippen LogP) is -0.665. The van der Waals surface area contributed by atoms with Crippen molar-refractivity contribution in [1.82, 2.24) is 15.5 Å². The Hall–Kier alpha value is -1.10. The van der Waals surface area contributed by atoms with Gasteiger partial charge in [-0.25, -0.2) is 0 Å². The van der Waals surface area contributed by atoms with E-state index in [0.29, 0.717) is 19.4 Å². The van der Waals surface area contributed by atoms with Gasteiger partial charge in [-0.15, -0.1) is 0 Å². The summed E-state index contributed by atoms with van der Waals surface area (Å²) in [6.45, 7) is 5.55. The SMILES string of the molecule is CCC(=O)NCCC(=O)N1CCNCC1. The number of piperazine rings is 1. The normalized spacial score (nSPS) is 16.2. The molecule has 0 bridgehead atoms. The highest BCUT2D eigenvalue weighted by atomic mass is 16.2. The number of amides is 2. The van der Waals surface area contributed by atoms with E-state index in [4.69, 9.17) is 0 Å². The molecule has 2 amide bonds. The number of carbonyl (C=O) groups excluding carboxylic acids is 2. The van der Waals surface area contributed by atoms with Gasteiger partial charge in [-0.3, -0.25) is 9.59 Å². The van der Waals surface area contributed by atoms with Crippen molar-refractivity contribution < 1.29 is 9.59 Å². The molecule has 0 aliphatic carbocycles. The van der Waals surface area contributed by atoms with Crippen molar-refractivity contribution in [3.63, 3.8) is 0 Å². The maximum Gasteiger partial charge on any atom is 0.224 e. The van der Waals surface area contributed by atoms with Crippen molar-refractivity contribution in [2.75, 3.05) is 32.7 Å². The summed E-state index contributed by atoms with van der Waals surface area (Å²) in [5.41, 5.74) is 0. The minimum Gasteiger partial charge on any atom is -0.356 e. The Bertz CT molecular complexity index is 225. The van der Waals surface area contributed by atoms with Crippen LogP contribution in [0.5, 0.6) is 0 Å². The summed E-state index contributed by atoms with van der Waals surface area (Å²) in [4.78, 5) is 24.4. The van der Waals surface area contributed by atoms with Gasteiger partial charge in [0, 0.05) is 45.6 Å². The van der Waals surface area contributed by atoms with E-state index in [0.717, 1.165) is 26.2 Å². The van der Waals surface area contributed by atoms with Crippen LogP contribution in [0.1, 0.15) is 19.8 Å². The van der Waals surface area contributed by atoms with Gasteiger partial charge in [0.15, 0.2) is 0 Å². The highest BCUT2D eigenvalue weighted by Gasteiger charge is 2.15. The molecule has 0 radical (unpaired) electrons. The fraction of sp³-hybridized carbons (Fsp3) is 0.800. The Morgan fingerprint density at radius 1 is 1.33 bits per heavy atom. The van der Waals surface area contributed by atoms with E-state index in [-0.39, 0.29) is 11.8 Å². The van der Waals surface area contributed by atoms with Gasteiger partial charge in [0.05, 0.1) is 0 Å². The maximum atomic E-state index is 11.6. The zero-order chi connectivity index (χ0) is 11.1. The predicted molar refractivity (Wildman–Crippen MR) is 57.4 cm³/mol. The molecule has 0 aromatic heterocycles. The lowest BCUT2D eigenvalue weighted by molar-refractivity contribution is -0.131. The van der Waals surface area contributed by atoms with Crippen molar-refractivity contribution in [3.8, 4) is 0 Å². The number of carbonyl (C=O) groups is 2. The molecule has 1 aliphatic heterocycles. The molecular formula is C10H19N3O2. The zero-order valence-electron chi connectivity index (χ0n) is 9.21. The van der Waals surface area contributed by atoms with Crippen LogP contribution in [0.4, 0.5) is 0 Å². The van der Waals surface area contributed by atoms with E-state index < -0.39 is 0 Å². The van der Waals surface area contributed by atoms with Gasteiger partial charge in [-0.2, -0.15) is 0 Å². The van der Waals surface area contributed by atoms with Crippen molar-refractivity contribution in [2.45, 2.75) is 19.8 Å². The summed E-state index contributed by atoms with van der Waals surface area (Å²) in [6, 6.07) is 0. The molecule has 1 rings (SSSR count). The third kappa shape index (κ3) is 4.29. The molecule has 5 nitrogen and oxygen atoms in total. The molecule has 0 unspecified atom stereocenters. The standard InChI is InChI=1S/C10H19N3O2/c1-2-9(14)12-4-3-10(15)13-7-5-11-6-8-13/h11H,2-8H2,1H3,(H,12,14). The lowest BCUT2D eigenvalue weighted by atomic mass is 10.3. The molecule has 0 saturated carbocycles. The summed E-state index contributed by atoms with van der Waals surface area (Å²) < 4.78 is 0. The minimum atomic E-state index is 0.00288. The molecule has 1 fully saturated rings. The van der Waals surface area contributed by atoms with E-state index in [1.54, 1.807) is 6.92 Å². The molecule has 0 aromatic carbocycles. The number of rotatable bonds is 4. The van der Waals surface area contributed by atoms with Crippen LogP contribution in [0.3, 0.4) is 0 Å². The lowest BCUT2D eigenvalue weighted by Gasteiger charge is -2.27. The second kappa shape index (κ2) is 6.40. The Kier molecular flexibility index (Phi) is 5.10. The minimum absolute atomic E-state index is 0.00288. The molecular weight excluding hydrogens is 194 g/mol. The Morgan fingerprint density at radius 3 is 2.60 bits per heavy atom. The first kappa shape index (κ1) is 12.0. The molecule has 0 aromatic rings. The Morgan fingerprint density at radius 2 is 2.00 bits per heavy atom. The van der Waals surface area contributed by atoms with E-state index >= 15 is 0 Å². The van der Waals surface area contributed by atoms with E-state index in [1.807, 2.05) is 4.90 Å². The van der Waals surface area contributed by atoms with Crippen LogP contribution >= 0.6 is 0 Å². The van der Waals surface area contributed by atoms with E-state index in [1.165, 1.54) is 0 Å². The third-order valence-electron chi connectivity index (χ3n) is 2.45. The molecule has 0 spiro atoms. The fourth-order valence-corrected chi connectivity index (χ4v) is 1.51. The van der Waals surface area contributed by atoms with Crippen LogP contribution in [-0.4, -0.2) is 49.4 Å². The second-order valence-corrected chi connectivity index (χ2v) is 3.58. The van der Waals surface area contributed by atoms with Crippen LogP contribution in [-0.2, 0) is 9.59 Å². The maximum absolute atomic E-state index is 11.6. The molecule has 1 saturated heterocycles. The summed E-state index contributed by atoms with van der Waals surface area (Å²) >= 11 is 0. The first-order valence-corrected chi connectivity index (χ1v) is 5.49. The number of hydrogen-bond donors (Lipinski definition) is 2. The second-order valence-electron chi connectivity index (χ2n) is 3.58. The van der Waals surface area contributed by atoms with Gasteiger partial charge in [0.2, 0.25) is 11.8 Å². The lowest BCUT2D eigenvalue weighted by Crippen LogP contribution is -2.47. The number of hydrogen-bond acceptors (Lipinski definition) is 3. The molecule has 0 atom stereocenters. The first-order valence-electron chi connectivity index (χ1n) is 5.49. The van der Waals surface area contributed by atoms with Crippen molar-refractivity contribution in [1.29, 1.82) is 0 Å². The fourth-order valence-electron chi connectivity index (χ4n) is 1.51. The largest absolute Gasteiger partial charge is 0.356 e. The quantitative estimate of drug-likeness (QED) is 0.651. The summed E-state index contributed by atoms with van der Waals surface area (Å²) in [5, 5.41) is 5.89. The van der Waals surface area contributed by atoms with Crippen molar-refractivity contribution in [2.24, 2.45) is 0 Å². The average molecular weight is 213 g/mol. The van der Waals surface area contributed by atoms with E-state index in [2.05, 4.69) is 10.6 Å². The average Bonchev–Trinajstić information content (AvgIpc) is 2.29. The van der Waals surface area contributed by atoms with Crippen LogP contribution < -0.4 is 10.6 Å². The highest BCUT2D eigenvalue weighted by molar-refractivity contribution is 5.78. The smallest absolute Gasteiger partial charge is 0.224 e. The van der Waals surface area contributed by atoms with Gasteiger partial charge >= 0.3 is 0 Å². The van der Waals surface area contributed by atoms with Crippen molar-refractivity contribution in [3.05, 3.63) is 0 Å². The van der Waals surface area contributed by atoms with Gasteiger partial charge in [0.25, 0.3) is 0 Å². The first-order chi connectivity index (χ1) is 7.24. The zero-order valence-corrected chi connectivity index (χ0v) is 9.21. The van der Waals surface area contributed by atoms with Crippen LogP contribution in [0, 0.1) is 0 Å². The van der Waals surface area contributed by atoms with Crippen LogP contribution in [0.15, 0.2) is 0 Å². The van der Waals surface area contributed by atoms with Gasteiger partial charge in [-0.05, 0) is 0 Å². The summed E-state index contributed by atoms with van der Waals surface area (Å²) in [6.07, 6.45) is 0.883. The summed E-state index contributed by atoms with van der Waals surface area (Å²) in [5.74, 6) is 0.135. The Balaban J connectivity index is 2.14. The molecule has 1 heterocycles. The molecule has 1 aliphatic rings. The van der Waals surface area contributed by atoms with Crippen LogP contribution in [0.25, 0.3) is 0 Å². The molecule has 86 valence electrons. The molecule has 2 N–H and O–H groups in total. The molecule has 5 heteroatoms. The van der Waals surface area contributed by atoms with Gasteiger partial charge in [0.1, 0.15) is 0 Å². The van der Waals surface area contributed by atoms with Crippen molar-refractivity contribution >= 4 is 11.8 Å². The third-order valence-corrected chi connectivity index (χ3v) is 2.45. The topological polar surface area (TPSA) is 61.4 Å². The number of nitrogens with zero attached hydrogens (tertiary/aromatic N) is 1. The van der Waals surface area contributed by atoms with Gasteiger partial charge < -0.3 is 15.5 Å². The molecule has 15 heavy (non-hydrogen) atoms. The summed E-state index contributed by atoms with van der Waals surface area (Å²) in [7, 11) is 0. The number of nitrogens with one attached hydrogen (secondary N) is 2. The van der Waals surface area contributed by atoms with Gasteiger partial charge in [-0.1, -0.05) is 6.92 Å². The van der Waals surface area contributed by atoms with Crippen LogP contribution in [0.2, 0.25) is 0 Å². The Labute approximate surface area is 90.2 Å². The van der Waals surface area contributed by atoms with E-state index in [9.17, 15) is 9.59 Å². The highest BCUT2D eigenvalue weighted by Crippen LogP contribution is 1.96. The monoisotopic (exact) mass is 213 g/mol.